The van der Waals surface area contributed by atoms with E-state index in [1.807, 2.05) is 24.3 Å². The van der Waals surface area contributed by atoms with Crippen molar-refractivity contribution in [1.82, 2.24) is 25.2 Å². The minimum atomic E-state index is -0.232. The fraction of sp³-hybridized carbons (Fsp3) is 0.500. The Bertz CT molecular complexity index is 759. The third-order valence-electron chi connectivity index (χ3n) is 4.44. The zero-order valence-electron chi connectivity index (χ0n) is 15.3. The quantitative estimate of drug-likeness (QED) is 0.863. The topological polar surface area (TPSA) is 72.3 Å². The molecule has 2 aromatic rings. The van der Waals surface area contributed by atoms with Gasteiger partial charge in [-0.15, -0.1) is 5.10 Å². The molecule has 1 amide bonds. The Morgan fingerprint density at radius 3 is 2.73 bits per heavy atom. The zero-order valence-corrected chi connectivity index (χ0v) is 16.0. The molecule has 1 fully saturated rings. The van der Waals surface area contributed by atoms with Crippen LogP contribution < -0.4 is 5.32 Å². The van der Waals surface area contributed by atoms with Gasteiger partial charge in [0, 0.05) is 31.7 Å². The Morgan fingerprint density at radius 2 is 2.12 bits per heavy atom. The Balaban J connectivity index is 1.76. The maximum Gasteiger partial charge on any atom is 0.273 e. The molecule has 0 aliphatic carbocycles. The van der Waals surface area contributed by atoms with Crippen molar-refractivity contribution in [3.63, 3.8) is 0 Å². The lowest BCUT2D eigenvalue weighted by Crippen LogP contribution is -2.51. The van der Waals surface area contributed by atoms with Gasteiger partial charge < -0.3 is 10.1 Å². The highest BCUT2D eigenvalue weighted by atomic mass is 35.5. The van der Waals surface area contributed by atoms with Crippen molar-refractivity contribution in [3.8, 4) is 0 Å². The van der Waals surface area contributed by atoms with Gasteiger partial charge in [0.2, 0.25) is 0 Å². The molecular weight excluding hydrogens is 354 g/mol. The smallest absolute Gasteiger partial charge is 0.273 e. The summed E-state index contributed by atoms with van der Waals surface area (Å²) in [4.78, 5) is 14.7. The van der Waals surface area contributed by atoms with Crippen LogP contribution in [-0.4, -0.2) is 57.6 Å². The second-order valence-corrected chi connectivity index (χ2v) is 7.57. The summed E-state index contributed by atoms with van der Waals surface area (Å²) in [7, 11) is 1.73. The highest BCUT2D eigenvalue weighted by molar-refractivity contribution is 6.30. The van der Waals surface area contributed by atoms with E-state index < -0.39 is 0 Å². The third-order valence-corrected chi connectivity index (χ3v) is 4.69. The van der Waals surface area contributed by atoms with Gasteiger partial charge in [0.1, 0.15) is 0 Å². The molecule has 1 atom stereocenters. The van der Waals surface area contributed by atoms with Crippen LogP contribution in [0, 0.1) is 0 Å². The fourth-order valence-corrected chi connectivity index (χ4v) is 3.32. The summed E-state index contributed by atoms with van der Waals surface area (Å²) in [6.07, 6.45) is 1.60. The number of ether oxygens (including phenoxy) is 1. The van der Waals surface area contributed by atoms with Crippen LogP contribution in [-0.2, 0) is 11.8 Å². The van der Waals surface area contributed by atoms with Crippen LogP contribution in [0.1, 0.15) is 35.9 Å². The molecular formula is C18H24ClN5O2. The first kappa shape index (κ1) is 18.8. The van der Waals surface area contributed by atoms with Gasteiger partial charge in [-0.2, -0.15) is 0 Å². The highest BCUT2D eigenvalue weighted by Crippen LogP contribution is 2.27. The van der Waals surface area contributed by atoms with E-state index in [0.717, 1.165) is 18.7 Å². The van der Waals surface area contributed by atoms with Crippen molar-refractivity contribution in [2.45, 2.75) is 25.5 Å². The van der Waals surface area contributed by atoms with Gasteiger partial charge in [-0.1, -0.05) is 28.9 Å². The molecule has 0 saturated carbocycles. The number of halogens is 1. The number of morpholine rings is 1. The molecule has 2 heterocycles. The summed E-state index contributed by atoms with van der Waals surface area (Å²) in [5.41, 5.74) is 1.19. The summed E-state index contributed by atoms with van der Waals surface area (Å²) in [6, 6.07) is 7.78. The lowest BCUT2D eigenvalue weighted by atomic mass is 10.0. The summed E-state index contributed by atoms with van der Waals surface area (Å²) in [6.45, 7) is 6.87. The van der Waals surface area contributed by atoms with Gasteiger partial charge in [0.25, 0.3) is 5.91 Å². The fourth-order valence-electron chi connectivity index (χ4n) is 3.19. The molecule has 140 valence electrons. The van der Waals surface area contributed by atoms with Crippen LogP contribution in [0.5, 0.6) is 0 Å². The number of aryl methyl sites for hydroxylation is 1. The molecule has 1 saturated heterocycles. The van der Waals surface area contributed by atoms with E-state index in [2.05, 4.69) is 34.4 Å². The molecule has 1 aromatic carbocycles. The zero-order chi connectivity index (χ0) is 18.7. The molecule has 1 aliphatic rings. The van der Waals surface area contributed by atoms with Gasteiger partial charge in [0.15, 0.2) is 5.69 Å². The van der Waals surface area contributed by atoms with Crippen LogP contribution >= 0.6 is 11.6 Å². The van der Waals surface area contributed by atoms with E-state index in [9.17, 15) is 4.79 Å². The predicted molar refractivity (Wildman–Crippen MR) is 99.1 cm³/mol. The van der Waals surface area contributed by atoms with Gasteiger partial charge in [-0.3, -0.25) is 14.4 Å². The number of carbonyl (C=O) groups excluding carboxylic acids is 1. The van der Waals surface area contributed by atoms with Crippen LogP contribution in [0.2, 0.25) is 5.02 Å². The second kappa shape index (κ2) is 7.73. The molecule has 1 aromatic heterocycles. The first-order chi connectivity index (χ1) is 12.3. The minimum Gasteiger partial charge on any atom is -0.373 e. The summed E-state index contributed by atoms with van der Waals surface area (Å²) in [5.74, 6) is -0.232. The first-order valence-corrected chi connectivity index (χ1v) is 9.00. The Labute approximate surface area is 158 Å². The van der Waals surface area contributed by atoms with E-state index in [0.29, 0.717) is 23.9 Å². The summed E-state index contributed by atoms with van der Waals surface area (Å²) in [5, 5.41) is 11.3. The van der Waals surface area contributed by atoms with Crippen molar-refractivity contribution in [2.24, 2.45) is 7.05 Å². The lowest BCUT2D eigenvalue weighted by Gasteiger charge is -2.42. The molecule has 0 spiro atoms. The van der Waals surface area contributed by atoms with Crippen molar-refractivity contribution in [1.29, 1.82) is 0 Å². The average Bonchev–Trinajstić information content (AvgIpc) is 3.02. The number of carbonyl (C=O) groups is 1. The normalized spacial score (nSPS) is 18.5. The average molecular weight is 378 g/mol. The van der Waals surface area contributed by atoms with Crippen LogP contribution in [0.3, 0.4) is 0 Å². The molecule has 1 aliphatic heterocycles. The number of aromatic nitrogens is 3. The number of amides is 1. The Hall–Kier alpha value is -1.96. The third kappa shape index (κ3) is 4.60. The van der Waals surface area contributed by atoms with Gasteiger partial charge in [-0.25, -0.2) is 0 Å². The summed E-state index contributed by atoms with van der Waals surface area (Å²) >= 11 is 6.04. The molecule has 0 bridgehead atoms. The molecule has 26 heavy (non-hydrogen) atoms. The largest absolute Gasteiger partial charge is 0.373 e. The molecule has 7 nitrogen and oxygen atoms in total. The van der Waals surface area contributed by atoms with Gasteiger partial charge in [-0.05, 0) is 31.5 Å². The van der Waals surface area contributed by atoms with Crippen LogP contribution in [0.15, 0.2) is 30.5 Å². The van der Waals surface area contributed by atoms with E-state index in [1.165, 1.54) is 4.68 Å². The maximum atomic E-state index is 12.4. The lowest BCUT2D eigenvalue weighted by molar-refractivity contribution is -0.0972. The standard InChI is InChI=1S/C18H24ClN5O2/c1-18(2)12-24(8-9-26-18)16(13-4-6-14(19)7-5-13)10-20-17(25)15-11-23(3)22-21-15/h4-7,11,16H,8-10,12H2,1-3H3,(H,20,25). The van der Waals surface area contributed by atoms with Crippen LogP contribution in [0.4, 0.5) is 0 Å². The summed E-state index contributed by atoms with van der Waals surface area (Å²) < 4.78 is 7.34. The molecule has 0 radical (unpaired) electrons. The van der Waals surface area contributed by atoms with E-state index in [-0.39, 0.29) is 17.6 Å². The second-order valence-electron chi connectivity index (χ2n) is 7.13. The van der Waals surface area contributed by atoms with Crippen molar-refractivity contribution in [3.05, 3.63) is 46.7 Å². The Morgan fingerprint density at radius 1 is 1.38 bits per heavy atom. The number of hydrogen-bond acceptors (Lipinski definition) is 5. The Kier molecular flexibility index (Phi) is 5.60. The van der Waals surface area contributed by atoms with Gasteiger partial charge >= 0.3 is 0 Å². The monoisotopic (exact) mass is 377 g/mol. The van der Waals surface area contributed by atoms with Crippen molar-refractivity contribution < 1.29 is 9.53 Å². The number of rotatable bonds is 5. The molecule has 3 rings (SSSR count). The van der Waals surface area contributed by atoms with E-state index in [4.69, 9.17) is 16.3 Å². The molecule has 8 heteroatoms. The number of nitrogens with one attached hydrogen (secondary N) is 1. The van der Waals surface area contributed by atoms with Crippen LogP contribution in [0.25, 0.3) is 0 Å². The van der Waals surface area contributed by atoms with Gasteiger partial charge in [0.05, 0.1) is 24.4 Å². The first-order valence-electron chi connectivity index (χ1n) is 8.62. The number of nitrogens with zero attached hydrogens (tertiary/aromatic N) is 4. The highest BCUT2D eigenvalue weighted by Gasteiger charge is 2.32. The minimum absolute atomic E-state index is 0.0241. The molecule has 1 unspecified atom stereocenters. The van der Waals surface area contributed by atoms with Crippen molar-refractivity contribution >= 4 is 17.5 Å². The van der Waals surface area contributed by atoms with E-state index >= 15 is 0 Å². The SMILES string of the molecule is Cn1cc(C(=O)NCC(c2ccc(Cl)cc2)N2CCOC(C)(C)C2)nn1. The number of hydrogen-bond donors (Lipinski definition) is 1. The number of benzene rings is 1. The maximum absolute atomic E-state index is 12.4. The van der Waals surface area contributed by atoms with Crippen molar-refractivity contribution in [2.75, 3.05) is 26.2 Å². The predicted octanol–water partition coefficient (Wildman–Crippen LogP) is 2.05. The molecule has 1 N–H and O–H groups in total. The van der Waals surface area contributed by atoms with E-state index in [1.54, 1.807) is 13.2 Å².